The van der Waals surface area contributed by atoms with E-state index in [0.717, 1.165) is 25.7 Å². The van der Waals surface area contributed by atoms with Crippen LogP contribution in [0.5, 0.6) is 23.0 Å². The molecule has 5 atom stereocenters. The normalized spacial score (nSPS) is 23.3. The molecule has 4 heterocycles. The van der Waals surface area contributed by atoms with Crippen LogP contribution in [0.4, 0.5) is 0 Å². The maximum atomic E-state index is 13.9. The number of aromatic hydroxyl groups is 2. The summed E-state index contributed by atoms with van der Waals surface area (Å²) in [7, 11) is 0. The van der Waals surface area contributed by atoms with Gasteiger partial charge in [0.05, 0.1) is 36.4 Å². The number of ether oxygens (including phenoxy) is 2. The number of fused-ring (bicyclic) bond motifs is 6. The maximum Gasteiger partial charge on any atom is 0.326 e. The quantitative estimate of drug-likeness (QED) is 0.0909. The average Bonchev–Trinajstić information content (AvgIpc) is 3.69. The highest BCUT2D eigenvalue weighted by Crippen LogP contribution is 2.48. The Balaban J connectivity index is 1.11. The number of hydrogen-bond donors (Lipinski definition) is 5. The summed E-state index contributed by atoms with van der Waals surface area (Å²) in [6, 6.07) is 1.55. The number of nitrogens with zero attached hydrogens (tertiary/aromatic N) is 2. The van der Waals surface area contributed by atoms with Gasteiger partial charge in [-0.1, -0.05) is 46.6 Å². The van der Waals surface area contributed by atoms with E-state index in [4.69, 9.17) is 9.47 Å². The molecule has 63 heavy (non-hydrogen) atoms. The molecule has 0 aliphatic carbocycles. The van der Waals surface area contributed by atoms with E-state index in [9.17, 15) is 39.9 Å². The van der Waals surface area contributed by atoms with Gasteiger partial charge in [0.2, 0.25) is 0 Å². The van der Waals surface area contributed by atoms with Gasteiger partial charge >= 0.3 is 5.97 Å². The van der Waals surface area contributed by atoms with Crippen LogP contribution in [0.25, 0.3) is 0 Å². The monoisotopic (exact) mass is 868 g/mol. The van der Waals surface area contributed by atoms with Gasteiger partial charge in [-0.15, -0.1) is 0 Å². The van der Waals surface area contributed by atoms with Crippen LogP contribution in [0.3, 0.4) is 0 Å². The van der Waals surface area contributed by atoms with E-state index in [-0.39, 0.29) is 68.3 Å². The highest BCUT2D eigenvalue weighted by atomic mass is 16.5. The molecule has 12 nitrogen and oxygen atoms in total. The molecule has 0 saturated heterocycles. The molecule has 0 radical (unpaired) electrons. The summed E-state index contributed by atoms with van der Waals surface area (Å²) in [5, 5.41) is 55.0. The number of rotatable bonds is 18. The highest BCUT2D eigenvalue weighted by molar-refractivity contribution is 6.02. The minimum atomic E-state index is -1.23. The van der Waals surface area contributed by atoms with Gasteiger partial charge in [-0.2, -0.15) is 0 Å². The SMILES string of the molecule is CC(C)=CCC/C(C)=C/CC[C@@]1(C)Oc2c(c(O)cc3c2CN(CCC[C@H](C(=O)O)N2Cc4c(cc(O)c5c4O[C@](C)(CC/C=C(\C)CCC=C(C)C)[C@@H](O)C5)C2=O)C3=O)C[C@@H]1O. The zero-order valence-electron chi connectivity index (χ0n) is 38.5. The first-order valence-corrected chi connectivity index (χ1v) is 22.6. The lowest BCUT2D eigenvalue weighted by Gasteiger charge is -2.41. The predicted octanol–water partition coefficient (Wildman–Crippen LogP) is 9.00. The van der Waals surface area contributed by atoms with E-state index in [0.29, 0.717) is 65.0 Å². The first-order chi connectivity index (χ1) is 29.7. The topological polar surface area (TPSA) is 177 Å². The molecular weight excluding hydrogens is 801 g/mol. The van der Waals surface area contributed by atoms with Crippen molar-refractivity contribution in [2.45, 2.75) is 175 Å². The minimum absolute atomic E-state index is 0.0456. The molecular formula is C51H68N2O10. The van der Waals surface area contributed by atoms with Crippen molar-refractivity contribution >= 4 is 17.8 Å². The van der Waals surface area contributed by atoms with E-state index in [2.05, 4.69) is 65.8 Å². The molecule has 12 heteroatoms. The van der Waals surface area contributed by atoms with Crippen molar-refractivity contribution in [3.8, 4) is 23.0 Å². The van der Waals surface area contributed by atoms with Gasteiger partial charge in [0.15, 0.2) is 0 Å². The van der Waals surface area contributed by atoms with Gasteiger partial charge in [0.1, 0.15) is 40.2 Å². The van der Waals surface area contributed by atoms with Gasteiger partial charge in [-0.3, -0.25) is 9.59 Å². The number of aliphatic hydroxyl groups is 2. The predicted molar refractivity (Wildman–Crippen MR) is 242 cm³/mol. The Hall–Kier alpha value is -5.07. The van der Waals surface area contributed by atoms with Crippen LogP contribution < -0.4 is 9.47 Å². The maximum absolute atomic E-state index is 13.9. The van der Waals surface area contributed by atoms with E-state index >= 15 is 0 Å². The third-order valence-electron chi connectivity index (χ3n) is 13.5. The molecule has 2 amide bonds. The van der Waals surface area contributed by atoms with Gasteiger partial charge in [-0.25, -0.2) is 4.79 Å². The summed E-state index contributed by atoms with van der Waals surface area (Å²) >= 11 is 0. The van der Waals surface area contributed by atoms with Crippen molar-refractivity contribution in [2.24, 2.45) is 0 Å². The molecule has 0 aromatic heterocycles. The number of amides is 2. The first kappa shape index (κ1) is 47.4. The number of aliphatic carboxylic acids is 1. The summed E-state index contributed by atoms with van der Waals surface area (Å²) in [5.41, 5.74) is 5.57. The Labute approximate surface area is 372 Å². The number of benzene rings is 2. The van der Waals surface area contributed by atoms with Crippen molar-refractivity contribution in [3.05, 3.63) is 92.1 Å². The molecule has 5 N–H and O–H groups in total. The zero-order valence-corrected chi connectivity index (χ0v) is 38.5. The molecule has 0 spiro atoms. The number of carbonyl (C=O) groups is 3. The second kappa shape index (κ2) is 19.4. The second-order valence-electron chi connectivity index (χ2n) is 19.2. The first-order valence-electron chi connectivity index (χ1n) is 22.6. The summed E-state index contributed by atoms with van der Waals surface area (Å²) < 4.78 is 13.1. The summed E-state index contributed by atoms with van der Waals surface area (Å²) in [5.74, 6) is -1.60. The fourth-order valence-electron chi connectivity index (χ4n) is 9.40. The summed E-state index contributed by atoms with van der Waals surface area (Å²) in [6.45, 7) is 16.5. The van der Waals surface area contributed by atoms with Crippen molar-refractivity contribution in [1.29, 1.82) is 0 Å². The van der Waals surface area contributed by atoms with E-state index < -0.39 is 41.3 Å². The lowest BCUT2D eigenvalue weighted by atomic mass is 9.84. The third kappa shape index (κ3) is 10.3. The van der Waals surface area contributed by atoms with E-state index in [1.165, 1.54) is 39.3 Å². The molecule has 0 fully saturated rings. The molecule has 2 aromatic rings. The highest BCUT2D eigenvalue weighted by Gasteiger charge is 2.47. The zero-order chi connectivity index (χ0) is 46.0. The van der Waals surface area contributed by atoms with Gasteiger partial charge in [0, 0.05) is 41.6 Å². The number of carboxylic acids is 1. The standard InChI is InChI=1S/C51H68N2O10/c1-30(2)14-9-16-32(5)18-11-21-50(7)43(56)26-36-41(54)24-34-38(45(36)62-50)28-52(47(34)58)23-13-20-40(49(60)61)53-29-39-35(48(53)59)25-42(55)37-27-44(57)51(8,63-46(37)39)22-12-19-33(6)17-10-15-31(3)4/h14-15,18-19,24-25,40,43-44,54-57H,9-13,16-17,20-23,26-29H2,1-8H3,(H,60,61)/b32-18+,33-19+/t40-,43+,44+,50-,51-/m1/s1. The van der Waals surface area contributed by atoms with Crippen LogP contribution in [0.1, 0.15) is 163 Å². The lowest BCUT2D eigenvalue weighted by molar-refractivity contribution is -0.142. The van der Waals surface area contributed by atoms with Crippen molar-refractivity contribution < 1.29 is 49.4 Å². The number of carboxylic acid groups (broad SMARTS) is 1. The molecule has 6 rings (SSSR count). The van der Waals surface area contributed by atoms with Crippen LogP contribution in [0, 0.1) is 0 Å². The average molecular weight is 869 g/mol. The third-order valence-corrected chi connectivity index (χ3v) is 13.5. The lowest BCUT2D eigenvalue weighted by Crippen LogP contribution is -2.49. The number of hydrogen-bond acceptors (Lipinski definition) is 9. The van der Waals surface area contributed by atoms with Crippen molar-refractivity contribution in [3.63, 3.8) is 0 Å². The minimum Gasteiger partial charge on any atom is -0.508 e. The van der Waals surface area contributed by atoms with Crippen LogP contribution in [-0.4, -0.2) is 89.1 Å². The Morgan fingerprint density at radius 1 is 0.714 bits per heavy atom. The Bertz CT molecular complexity index is 2230. The van der Waals surface area contributed by atoms with Gasteiger partial charge in [0.25, 0.3) is 11.8 Å². The molecule has 342 valence electrons. The molecule has 4 aliphatic heterocycles. The van der Waals surface area contributed by atoms with E-state index in [1.807, 2.05) is 13.8 Å². The Morgan fingerprint density at radius 3 is 1.63 bits per heavy atom. The number of phenolic OH excluding ortho intramolecular Hbond substituents is 2. The van der Waals surface area contributed by atoms with Crippen LogP contribution in [0.15, 0.2) is 58.7 Å². The number of carbonyl (C=O) groups excluding carboxylic acids is 2. The van der Waals surface area contributed by atoms with Crippen molar-refractivity contribution in [1.82, 2.24) is 9.80 Å². The summed E-state index contributed by atoms with van der Waals surface area (Å²) in [4.78, 5) is 43.4. The van der Waals surface area contributed by atoms with Crippen molar-refractivity contribution in [2.75, 3.05) is 6.54 Å². The largest absolute Gasteiger partial charge is 0.508 e. The Kier molecular flexibility index (Phi) is 14.6. The second-order valence-corrected chi connectivity index (χ2v) is 19.2. The molecule has 0 bridgehead atoms. The molecule has 2 aromatic carbocycles. The van der Waals surface area contributed by atoms with Crippen LogP contribution >= 0.6 is 0 Å². The Morgan fingerprint density at radius 2 is 1.17 bits per heavy atom. The van der Waals surface area contributed by atoms with Crippen LogP contribution in [0.2, 0.25) is 0 Å². The smallest absolute Gasteiger partial charge is 0.326 e. The number of phenols is 2. The number of allylic oxidation sites excluding steroid dienone is 8. The van der Waals surface area contributed by atoms with Gasteiger partial charge < -0.3 is 44.8 Å². The summed E-state index contributed by atoms with van der Waals surface area (Å²) in [6.07, 6.45) is 13.8. The molecule has 0 unspecified atom stereocenters. The molecule has 0 saturated carbocycles. The van der Waals surface area contributed by atoms with E-state index in [1.54, 1.807) is 4.90 Å². The number of aliphatic hydroxyl groups excluding tert-OH is 2. The van der Waals surface area contributed by atoms with Crippen LogP contribution in [-0.2, 0) is 30.7 Å². The fraction of sp³-hybridized carbons (Fsp3) is 0.549. The molecule has 4 aliphatic rings. The fourth-order valence-corrected chi connectivity index (χ4v) is 9.40. The van der Waals surface area contributed by atoms with Gasteiger partial charge in [-0.05, 0) is 132 Å².